The van der Waals surface area contributed by atoms with Crippen molar-refractivity contribution in [3.05, 3.63) is 0 Å². The van der Waals surface area contributed by atoms with Crippen molar-refractivity contribution in [3.63, 3.8) is 0 Å². The second-order valence-corrected chi connectivity index (χ2v) is 3.30. The van der Waals surface area contributed by atoms with Gasteiger partial charge in [0.2, 0.25) is 6.41 Å². The van der Waals surface area contributed by atoms with Crippen molar-refractivity contribution in [1.29, 1.82) is 0 Å². The number of carbonyl (C=O) groups excluding carboxylic acids is 1. The first kappa shape index (κ1) is 14.0. The van der Waals surface area contributed by atoms with Gasteiger partial charge in [0, 0.05) is 14.1 Å². The number of nitrogens with zero attached hydrogens (tertiary/aromatic N) is 1. The first-order chi connectivity index (χ1) is 5.40. The lowest BCUT2D eigenvalue weighted by atomic mass is 10.4. The van der Waals surface area contributed by atoms with Crippen molar-refractivity contribution in [3.8, 4) is 0 Å². The molecule has 0 spiro atoms. The Bertz CT molecular complexity index is 94.7. The third kappa shape index (κ3) is 22.7. The summed E-state index contributed by atoms with van der Waals surface area (Å²) in [6, 6.07) is 0. The summed E-state index contributed by atoms with van der Waals surface area (Å²) in [7, 11) is 3.38. The molecular weight excluding hydrogens is 154 g/mol. The fourth-order valence-electron chi connectivity index (χ4n) is 0.544. The Morgan fingerprint density at radius 2 is 1.33 bits per heavy atom. The van der Waals surface area contributed by atoms with Crippen LogP contribution >= 0.6 is 0 Å². The number of rotatable bonds is 3. The van der Waals surface area contributed by atoms with Crippen LogP contribution in [0.15, 0.2) is 0 Å². The van der Waals surface area contributed by atoms with E-state index in [9.17, 15) is 4.79 Å². The highest BCUT2D eigenvalue weighted by Crippen LogP contribution is 1.93. The molecule has 74 valence electrons. The number of amides is 1. The van der Waals surface area contributed by atoms with Crippen LogP contribution in [0.3, 0.4) is 0 Å². The molecule has 0 saturated heterocycles. The van der Waals surface area contributed by atoms with Gasteiger partial charge in [0.15, 0.2) is 0 Å². The lowest BCUT2D eigenvalue weighted by Crippen LogP contribution is -2.09. The third-order valence-corrected chi connectivity index (χ3v) is 0.755. The summed E-state index contributed by atoms with van der Waals surface area (Å²) in [4.78, 5) is 10.9. The van der Waals surface area contributed by atoms with Gasteiger partial charge in [-0.1, -0.05) is 0 Å². The van der Waals surface area contributed by atoms with E-state index in [2.05, 4.69) is 0 Å². The molecule has 0 radical (unpaired) electrons. The van der Waals surface area contributed by atoms with Crippen LogP contribution in [0, 0.1) is 0 Å². The molecule has 0 aromatic rings. The van der Waals surface area contributed by atoms with Crippen molar-refractivity contribution in [2.45, 2.75) is 39.9 Å². The fourth-order valence-corrected chi connectivity index (χ4v) is 0.544. The summed E-state index contributed by atoms with van der Waals surface area (Å²) in [5.74, 6) is 0. The molecule has 3 heteroatoms. The number of hydrogen-bond acceptors (Lipinski definition) is 2. The van der Waals surface area contributed by atoms with Gasteiger partial charge in [0.05, 0.1) is 12.2 Å². The van der Waals surface area contributed by atoms with E-state index < -0.39 is 0 Å². The first-order valence-corrected chi connectivity index (χ1v) is 4.17. The molecule has 0 rings (SSSR count). The first-order valence-electron chi connectivity index (χ1n) is 4.17. The molecule has 0 bridgehead atoms. The molecule has 0 fully saturated rings. The highest BCUT2D eigenvalue weighted by molar-refractivity contribution is 5.45. The summed E-state index contributed by atoms with van der Waals surface area (Å²) in [5, 5.41) is 0. The molecular formula is C9H21NO2. The summed E-state index contributed by atoms with van der Waals surface area (Å²) < 4.78 is 5.25. The van der Waals surface area contributed by atoms with Gasteiger partial charge in [-0.25, -0.2) is 0 Å². The molecule has 0 aliphatic heterocycles. The second-order valence-electron chi connectivity index (χ2n) is 3.30. The van der Waals surface area contributed by atoms with E-state index in [0.717, 1.165) is 6.41 Å². The Hall–Kier alpha value is -0.570. The molecule has 0 unspecified atom stereocenters. The van der Waals surface area contributed by atoms with Crippen molar-refractivity contribution >= 4 is 6.41 Å². The largest absolute Gasteiger partial charge is 0.376 e. The smallest absolute Gasteiger partial charge is 0.209 e. The molecule has 0 aromatic carbocycles. The Balaban J connectivity index is 0. The Kier molecular flexibility index (Phi) is 9.93. The van der Waals surface area contributed by atoms with Gasteiger partial charge < -0.3 is 9.64 Å². The zero-order valence-corrected chi connectivity index (χ0v) is 9.00. The topological polar surface area (TPSA) is 29.5 Å². The van der Waals surface area contributed by atoms with Gasteiger partial charge in [0.1, 0.15) is 0 Å². The van der Waals surface area contributed by atoms with Crippen LogP contribution in [0.4, 0.5) is 0 Å². The Labute approximate surface area is 75.7 Å². The summed E-state index contributed by atoms with van der Waals surface area (Å²) >= 11 is 0. The lowest BCUT2D eigenvalue weighted by molar-refractivity contribution is -0.115. The predicted molar refractivity (Wildman–Crippen MR) is 51.1 cm³/mol. The van der Waals surface area contributed by atoms with Gasteiger partial charge in [-0.15, -0.1) is 0 Å². The second kappa shape index (κ2) is 8.53. The van der Waals surface area contributed by atoms with Crippen molar-refractivity contribution in [2.24, 2.45) is 0 Å². The maximum absolute atomic E-state index is 9.43. The maximum atomic E-state index is 9.43. The zero-order valence-electron chi connectivity index (χ0n) is 9.00. The average molecular weight is 175 g/mol. The third-order valence-electron chi connectivity index (χ3n) is 0.755. The fraction of sp³-hybridized carbons (Fsp3) is 0.889. The average Bonchev–Trinajstić information content (AvgIpc) is 1.85. The van der Waals surface area contributed by atoms with Crippen LogP contribution in [-0.4, -0.2) is 37.6 Å². The predicted octanol–water partition coefficient (Wildman–Crippen LogP) is 1.52. The van der Waals surface area contributed by atoms with Crippen molar-refractivity contribution in [2.75, 3.05) is 14.1 Å². The summed E-state index contributed by atoms with van der Waals surface area (Å²) in [6.07, 6.45) is 1.50. The van der Waals surface area contributed by atoms with Gasteiger partial charge in [-0.3, -0.25) is 4.79 Å². The molecule has 0 N–H and O–H groups in total. The minimum absolute atomic E-state index is 0.375. The molecule has 12 heavy (non-hydrogen) atoms. The SMILES string of the molecule is CC(C)OC(C)C.CN(C)C=O. The van der Waals surface area contributed by atoms with E-state index in [1.165, 1.54) is 4.90 Å². The molecule has 1 amide bonds. The van der Waals surface area contributed by atoms with Crippen molar-refractivity contribution in [1.82, 2.24) is 4.90 Å². The summed E-state index contributed by atoms with van der Waals surface area (Å²) in [6.45, 7) is 8.17. The molecule has 3 nitrogen and oxygen atoms in total. The highest BCUT2D eigenvalue weighted by atomic mass is 16.5. The van der Waals surface area contributed by atoms with E-state index in [-0.39, 0.29) is 0 Å². The minimum Gasteiger partial charge on any atom is -0.376 e. The van der Waals surface area contributed by atoms with Crippen molar-refractivity contribution < 1.29 is 9.53 Å². The highest BCUT2D eigenvalue weighted by Gasteiger charge is 1.94. The lowest BCUT2D eigenvalue weighted by Gasteiger charge is -2.09. The van der Waals surface area contributed by atoms with Gasteiger partial charge in [-0.05, 0) is 27.7 Å². The number of hydrogen-bond donors (Lipinski definition) is 0. The van der Waals surface area contributed by atoms with Crippen LogP contribution in [0.1, 0.15) is 27.7 Å². The van der Waals surface area contributed by atoms with Crippen LogP contribution < -0.4 is 0 Å². The van der Waals surface area contributed by atoms with E-state index in [4.69, 9.17) is 4.74 Å². The van der Waals surface area contributed by atoms with E-state index in [1.54, 1.807) is 14.1 Å². The zero-order chi connectivity index (χ0) is 10.1. The van der Waals surface area contributed by atoms with Gasteiger partial charge >= 0.3 is 0 Å². The molecule has 0 heterocycles. The quantitative estimate of drug-likeness (QED) is 0.609. The van der Waals surface area contributed by atoms with E-state index >= 15 is 0 Å². The standard InChI is InChI=1S/C6H14O.C3H7NO/c1-5(2)7-6(3)4;1-4(2)3-5/h5-6H,1-4H3;3H,1-2H3. The van der Waals surface area contributed by atoms with Gasteiger partial charge in [-0.2, -0.15) is 0 Å². The van der Waals surface area contributed by atoms with Crippen LogP contribution in [0.25, 0.3) is 0 Å². The van der Waals surface area contributed by atoms with Crippen LogP contribution in [0.2, 0.25) is 0 Å². The van der Waals surface area contributed by atoms with E-state index in [1.807, 2.05) is 27.7 Å². The molecule has 0 saturated carbocycles. The normalized spacial score (nSPS) is 9.33. The van der Waals surface area contributed by atoms with Crippen LogP contribution in [0.5, 0.6) is 0 Å². The number of ether oxygens (including phenoxy) is 1. The van der Waals surface area contributed by atoms with Crippen LogP contribution in [-0.2, 0) is 9.53 Å². The molecule has 0 aliphatic rings. The Morgan fingerprint density at radius 3 is 1.33 bits per heavy atom. The molecule has 0 atom stereocenters. The molecule has 0 aliphatic carbocycles. The number of carbonyl (C=O) groups is 1. The van der Waals surface area contributed by atoms with E-state index in [0.29, 0.717) is 12.2 Å². The Morgan fingerprint density at radius 1 is 1.08 bits per heavy atom. The molecule has 0 aromatic heterocycles. The summed E-state index contributed by atoms with van der Waals surface area (Å²) in [5.41, 5.74) is 0. The monoisotopic (exact) mass is 175 g/mol. The van der Waals surface area contributed by atoms with Gasteiger partial charge in [0.25, 0.3) is 0 Å². The minimum atomic E-state index is 0.375. The maximum Gasteiger partial charge on any atom is 0.209 e.